The molecule has 1 heterocycles. The normalized spacial score (nSPS) is 25.1. The number of aliphatic hydroxyl groups is 5. The Morgan fingerprint density at radius 1 is 0.974 bits per heavy atom. The van der Waals surface area contributed by atoms with Gasteiger partial charge in [-0.2, -0.15) is 0 Å². The summed E-state index contributed by atoms with van der Waals surface area (Å²) in [6, 6.07) is 8.14. The highest BCUT2D eigenvalue weighted by molar-refractivity contribution is 5.87. The molecule has 3 rings (SSSR count). The van der Waals surface area contributed by atoms with Crippen molar-refractivity contribution in [1.29, 1.82) is 0 Å². The van der Waals surface area contributed by atoms with E-state index in [9.17, 15) is 40.5 Å². The van der Waals surface area contributed by atoms with Gasteiger partial charge in [0.25, 0.3) is 0 Å². The van der Waals surface area contributed by atoms with Gasteiger partial charge in [-0.3, -0.25) is 0 Å². The van der Waals surface area contributed by atoms with E-state index in [-0.39, 0.29) is 28.6 Å². The van der Waals surface area contributed by atoms with Gasteiger partial charge in [-0.1, -0.05) is 12.1 Å². The van der Waals surface area contributed by atoms with Crippen molar-refractivity contribution in [3.8, 4) is 23.0 Å². The first kappa shape index (κ1) is 29.1. The Balaban J connectivity index is 1.61. The van der Waals surface area contributed by atoms with E-state index >= 15 is 0 Å². The molecule has 208 valence electrons. The van der Waals surface area contributed by atoms with E-state index in [1.165, 1.54) is 56.7 Å². The number of hydrogen-bond acceptors (Lipinski definition) is 13. The third-order valence-corrected chi connectivity index (χ3v) is 5.75. The van der Waals surface area contributed by atoms with Gasteiger partial charge in [0, 0.05) is 6.08 Å². The predicted molar refractivity (Wildman–Crippen MR) is 128 cm³/mol. The first-order valence-corrected chi connectivity index (χ1v) is 11.4. The minimum Gasteiger partial charge on any atom is -0.508 e. The maximum absolute atomic E-state index is 12.2. The van der Waals surface area contributed by atoms with E-state index in [2.05, 4.69) is 0 Å². The van der Waals surface area contributed by atoms with Crippen molar-refractivity contribution >= 4 is 12.0 Å². The van der Waals surface area contributed by atoms with Crippen LogP contribution in [0.4, 0.5) is 0 Å². The lowest BCUT2D eigenvalue weighted by molar-refractivity contribution is -0.342. The molecular weight excluding hydrogens is 508 g/mol. The molecule has 0 amide bonds. The Morgan fingerprint density at radius 2 is 1.58 bits per heavy atom. The van der Waals surface area contributed by atoms with E-state index in [0.29, 0.717) is 5.56 Å². The summed E-state index contributed by atoms with van der Waals surface area (Å²) in [5.41, 5.74) is 0.623. The lowest BCUT2D eigenvalue weighted by Gasteiger charge is -2.40. The fourth-order valence-electron chi connectivity index (χ4n) is 3.60. The van der Waals surface area contributed by atoms with Gasteiger partial charge in [-0.25, -0.2) is 4.79 Å². The van der Waals surface area contributed by atoms with Gasteiger partial charge in [-0.15, -0.1) is 0 Å². The number of methoxy groups -OCH3 is 2. The number of phenols is 2. The molecule has 2 aromatic rings. The number of hydrogen-bond donors (Lipinski definition) is 7. The van der Waals surface area contributed by atoms with Crippen molar-refractivity contribution in [3.05, 3.63) is 53.6 Å². The summed E-state index contributed by atoms with van der Waals surface area (Å²) in [6.07, 6.45) is -9.45. The summed E-state index contributed by atoms with van der Waals surface area (Å²) in [7, 11) is 2.70. The van der Waals surface area contributed by atoms with Gasteiger partial charge < -0.3 is 59.4 Å². The lowest BCUT2D eigenvalue weighted by Crippen LogP contribution is -2.60. The number of carbonyl (C=O) groups is 1. The molecule has 7 N–H and O–H groups in total. The van der Waals surface area contributed by atoms with E-state index < -0.39 is 55.7 Å². The molecule has 0 saturated carbocycles. The quantitative estimate of drug-likeness (QED) is 0.116. The molecule has 0 aromatic heterocycles. The minimum absolute atomic E-state index is 0.0609. The SMILES string of the molecule is COc1cc(C=CC(=O)OC[C@H]2O[C@@H](O[C@@H](O)[C@@H](O)c3ccc(O)cc3)[C@H](O)[C@@H](O)[C@@H]2O)cc(OC)c1O. The molecule has 1 saturated heterocycles. The van der Waals surface area contributed by atoms with E-state index in [0.717, 1.165) is 6.08 Å². The van der Waals surface area contributed by atoms with Gasteiger partial charge >= 0.3 is 5.97 Å². The summed E-state index contributed by atoms with van der Waals surface area (Å²) in [4.78, 5) is 12.2. The predicted octanol–water partition coefficient (Wildman–Crippen LogP) is -0.452. The number of benzene rings is 2. The van der Waals surface area contributed by atoms with Gasteiger partial charge in [0.1, 0.15) is 42.9 Å². The summed E-state index contributed by atoms with van der Waals surface area (Å²) in [5, 5.41) is 70.5. The molecule has 0 unspecified atom stereocenters. The summed E-state index contributed by atoms with van der Waals surface area (Å²) >= 11 is 0. The van der Waals surface area contributed by atoms with Crippen LogP contribution < -0.4 is 9.47 Å². The first-order valence-electron chi connectivity index (χ1n) is 11.4. The molecule has 0 bridgehead atoms. The van der Waals surface area contributed by atoms with Gasteiger partial charge in [0.15, 0.2) is 24.1 Å². The van der Waals surface area contributed by atoms with Crippen molar-refractivity contribution in [2.75, 3.05) is 20.8 Å². The number of aliphatic hydroxyl groups excluding tert-OH is 5. The number of phenolic OH excluding ortho intramolecular Hbond substituents is 2. The largest absolute Gasteiger partial charge is 0.508 e. The summed E-state index contributed by atoms with van der Waals surface area (Å²) < 4.78 is 25.7. The Labute approximate surface area is 217 Å². The van der Waals surface area contributed by atoms with Gasteiger partial charge in [0.2, 0.25) is 5.75 Å². The van der Waals surface area contributed by atoms with Crippen LogP contribution in [0.3, 0.4) is 0 Å². The van der Waals surface area contributed by atoms with E-state index in [1.807, 2.05) is 0 Å². The zero-order chi connectivity index (χ0) is 28.0. The first-order chi connectivity index (χ1) is 18.0. The van der Waals surface area contributed by atoms with E-state index in [1.54, 1.807) is 0 Å². The maximum atomic E-state index is 12.2. The third kappa shape index (κ3) is 6.90. The van der Waals surface area contributed by atoms with Crippen LogP contribution in [-0.4, -0.2) is 99.5 Å². The highest BCUT2D eigenvalue weighted by Gasteiger charge is 2.46. The Bertz CT molecular complexity index is 1080. The number of ether oxygens (including phenoxy) is 5. The van der Waals surface area contributed by atoms with E-state index in [4.69, 9.17) is 23.7 Å². The molecule has 2 aromatic carbocycles. The van der Waals surface area contributed by atoms with Crippen LogP contribution in [0.25, 0.3) is 6.08 Å². The number of carbonyl (C=O) groups excluding carboxylic acids is 1. The zero-order valence-electron chi connectivity index (χ0n) is 20.4. The van der Waals surface area contributed by atoms with Crippen molar-refractivity contribution in [2.45, 2.75) is 43.1 Å². The Hall–Kier alpha value is -3.43. The second-order valence-corrected chi connectivity index (χ2v) is 8.32. The average molecular weight is 539 g/mol. The molecule has 1 fully saturated rings. The zero-order valence-corrected chi connectivity index (χ0v) is 20.4. The minimum atomic E-state index is -1.92. The van der Waals surface area contributed by atoms with Crippen LogP contribution >= 0.6 is 0 Å². The highest BCUT2D eigenvalue weighted by Crippen LogP contribution is 2.37. The molecule has 38 heavy (non-hydrogen) atoms. The second kappa shape index (κ2) is 12.9. The summed E-state index contributed by atoms with van der Waals surface area (Å²) in [6.45, 7) is -0.563. The molecule has 13 nitrogen and oxygen atoms in total. The molecule has 0 spiro atoms. The van der Waals surface area contributed by atoms with Crippen LogP contribution in [0.15, 0.2) is 42.5 Å². The van der Waals surface area contributed by atoms with Crippen molar-refractivity contribution in [3.63, 3.8) is 0 Å². The molecular formula is C25H30O13. The highest BCUT2D eigenvalue weighted by atomic mass is 16.8. The Kier molecular flexibility index (Phi) is 9.88. The van der Waals surface area contributed by atoms with Crippen LogP contribution in [0.5, 0.6) is 23.0 Å². The molecule has 0 aliphatic carbocycles. The van der Waals surface area contributed by atoms with Gasteiger partial charge in [0.05, 0.1) is 14.2 Å². The molecule has 7 atom stereocenters. The van der Waals surface area contributed by atoms with Crippen LogP contribution in [0.1, 0.15) is 17.2 Å². The standard InChI is InChI=1S/C25H30O13/c1-34-15-9-12(10-16(35-2)20(15)29)3-8-18(27)36-11-17-21(30)22(31)23(32)25(37-17)38-24(33)19(28)13-4-6-14(26)7-5-13/h3-10,17,19,21-26,28-33H,11H2,1-2H3/t17-,19+,21-,22+,23-,24-,25+/m1/s1. The fraction of sp³-hybridized carbons (Fsp3) is 0.400. The maximum Gasteiger partial charge on any atom is 0.330 e. The lowest BCUT2D eigenvalue weighted by atomic mass is 9.99. The number of esters is 1. The second-order valence-electron chi connectivity index (χ2n) is 8.32. The van der Waals surface area contributed by atoms with Gasteiger partial charge in [-0.05, 0) is 41.5 Å². The fourth-order valence-corrected chi connectivity index (χ4v) is 3.60. The van der Waals surface area contributed by atoms with Crippen LogP contribution in [0.2, 0.25) is 0 Å². The van der Waals surface area contributed by atoms with Crippen molar-refractivity contribution < 1.29 is 64.2 Å². The third-order valence-electron chi connectivity index (χ3n) is 5.75. The number of rotatable bonds is 10. The smallest absolute Gasteiger partial charge is 0.330 e. The average Bonchev–Trinajstić information content (AvgIpc) is 2.91. The molecule has 1 aliphatic rings. The van der Waals surface area contributed by atoms with Crippen molar-refractivity contribution in [2.24, 2.45) is 0 Å². The molecule has 13 heteroatoms. The Morgan fingerprint density at radius 3 is 2.16 bits per heavy atom. The topological polar surface area (TPSA) is 205 Å². The number of aromatic hydroxyl groups is 2. The van der Waals surface area contributed by atoms with Crippen LogP contribution in [-0.2, 0) is 19.0 Å². The van der Waals surface area contributed by atoms with Crippen molar-refractivity contribution in [1.82, 2.24) is 0 Å². The molecule has 0 radical (unpaired) electrons. The summed E-state index contributed by atoms with van der Waals surface area (Å²) in [5.74, 6) is -0.891. The monoisotopic (exact) mass is 538 g/mol. The van der Waals surface area contributed by atoms with Crippen LogP contribution in [0, 0.1) is 0 Å². The molecule has 1 aliphatic heterocycles.